The van der Waals surface area contributed by atoms with Gasteiger partial charge in [-0.2, -0.15) is 0 Å². The zero-order valence-electron chi connectivity index (χ0n) is 17.3. The Hall–Kier alpha value is -2.99. The number of quaternary nitrogens is 1. The lowest BCUT2D eigenvalue weighted by Gasteiger charge is -2.14. The van der Waals surface area contributed by atoms with E-state index in [0.717, 1.165) is 38.9 Å². The molecule has 2 atom stereocenters. The molecule has 4 rings (SSSR count). The molecule has 0 saturated carbocycles. The van der Waals surface area contributed by atoms with E-state index >= 15 is 0 Å². The van der Waals surface area contributed by atoms with Gasteiger partial charge >= 0.3 is 0 Å². The fourth-order valence-electron chi connectivity index (χ4n) is 4.32. The Morgan fingerprint density at radius 2 is 1.87 bits per heavy atom. The summed E-state index contributed by atoms with van der Waals surface area (Å²) in [6.45, 7) is 5.30. The Morgan fingerprint density at radius 3 is 2.63 bits per heavy atom. The summed E-state index contributed by atoms with van der Waals surface area (Å²) in [6.07, 6.45) is 2.62. The van der Waals surface area contributed by atoms with Crippen LogP contribution in [-0.2, 0) is 6.54 Å². The Labute approximate surface area is 176 Å². The first-order valence-electron chi connectivity index (χ1n) is 10.8. The molecule has 0 radical (unpaired) electrons. The van der Waals surface area contributed by atoms with Crippen LogP contribution >= 0.6 is 0 Å². The molecular formula is C24H28N3O3+. The van der Waals surface area contributed by atoms with Crippen molar-refractivity contribution in [3.8, 4) is 0 Å². The summed E-state index contributed by atoms with van der Waals surface area (Å²) in [7, 11) is 0. The van der Waals surface area contributed by atoms with Crippen molar-refractivity contribution in [3.63, 3.8) is 0 Å². The third-order valence-corrected chi connectivity index (χ3v) is 5.98. The van der Waals surface area contributed by atoms with Gasteiger partial charge in [-0.15, -0.1) is 0 Å². The standard InChI is InChI=1S/C24H27N3O3/c1-2-3-12-27-23(29)20-10-9-18(14-21(20)24(27)30)22(28)25-19-11-13-26(16-19)15-17-7-5-4-6-8-17/h4-10,14,19H,2-3,11-13,15-16H2,1H3,(H,25,28)/p+1/t19-/m1/s1. The highest BCUT2D eigenvalue weighted by Gasteiger charge is 2.36. The van der Waals surface area contributed by atoms with Gasteiger partial charge < -0.3 is 10.2 Å². The molecule has 3 amide bonds. The largest absolute Gasteiger partial charge is 0.343 e. The van der Waals surface area contributed by atoms with Crippen LogP contribution in [0.3, 0.4) is 0 Å². The van der Waals surface area contributed by atoms with Crippen LogP contribution in [0.1, 0.15) is 62.8 Å². The molecule has 0 aliphatic carbocycles. The van der Waals surface area contributed by atoms with Crippen molar-refractivity contribution in [2.24, 2.45) is 0 Å². The van der Waals surface area contributed by atoms with Gasteiger partial charge in [0.25, 0.3) is 17.7 Å². The lowest BCUT2D eigenvalue weighted by atomic mass is 10.0. The summed E-state index contributed by atoms with van der Waals surface area (Å²) >= 11 is 0. The molecule has 2 aromatic rings. The SMILES string of the molecule is CCCCN1C(=O)c2ccc(C(=O)N[C@@H]3CC[NH+](Cc4ccccc4)C3)cc2C1=O. The van der Waals surface area contributed by atoms with E-state index in [1.807, 2.05) is 25.1 Å². The predicted molar refractivity (Wildman–Crippen MR) is 113 cm³/mol. The zero-order chi connectivity index (χ0) is 21.1. The van der Waals surface area contributed by atoms with Crippen molar-refractivity contribution >= 4 is 17.7 Å². The van der Waals surface area contributed by atoms with E-state index in [9.17, 15) is 14.4 Å². The van der Waals surface area contributed by atoms with Crippen LogP contribution in [0.15, 0.2) is 48.5 Å². The number of hydrogen-bond acceptors (Lipinski definition) is 3. The van der Waals surface area contributed by atoms with Crippen LogP contribution < -0.4 is 10.2 Å². The molecule has 2 heterocycles. The molecule has 0 aromatic heterocycles. The Bertz CT molecular complexity index is 957. The second-order valence-corrected chi connectivity index (χ2v) is 8.20. The minimum atomic E-state index is -0.294. The molecule has 30 heavy (non-hydrogen) atoms. The number of amides is 3. The number of fused-ring (bicyclic) bond motifs is 1. The maximum Gasteiger partial charge on any atom is 0.261 e. The van der Waals surface area contributed by atoms with Crippen LogP contribution in [0, 0.1) is 0 Å². The molecule has 156 valence electrons. The second-order valence-electron chi connectivity index (χ2n) is 8.20. The number of likely N-dealkylation sites (tertiary alicyclic amines) is 1. The van der Waals surface area contributed by atoms with Crippen molar-refractivity contribution in [1.29, 1.82) is 0 Å². The number of hydrogen-bond donors (Lipinski definition) is 2. The molecule has 2 aliphatic rings. The van der Waals surface area contributed by atoms with E-state index < -0.39 is 0 Å². The molecule has 0 spiro atoms. The van der Waals surface area contributed by atoms with Crippen LogP contribution in [0.5, 0.6) is 0 Å². The lowest BCUT2D eigenvalue weighted by Crippen LogP contribution is -3.09. The fraction of sp³-hybridized carbons (Fsp3) is 0.375. The number of unbranched alkanes of at least 4 members (excludes halogenated alkanes) is 1. The smallest absolute Gasteiger partial charge is 0.261 e. The molecule has 1 fully saturated rings. The first-order chi connectivity index (χ1) is 14.6. The summed E-state index contributed by atoms with van der Waals surface area (Å²) in [5.74, 6) is -0.736. The molecular weight excluding hydrogens is 378 g/mol. The molecule has 2 N–H and O–H groups in total. The third-order valence-electron chi connectivity index (χ3n) is 5.98. The maximum atomic E-state index is 12.8. The molecule has 1 unspecified atom stereocenters. The van der Waals surface area contributed by atoms with Gasteiger partial charge in [-0.1, -0.05) is 43.7 Å². The number of imide groups is 1. The van der Waals surface area contributed by atoms with Gasteiger partial charge in [-0.3, -0.25) is 19.3 Å². The highest BCUT2D eigenvalue weighted by Crippen LogP contribution is 2.24. The minimum Gasteiger partial charge on any atom is -0.343 e. The summed E-state index contributed by atoms with van der Waals surface area (Å²) < 4.78 is 0. The van der Waals surface area contributed by atoms with Crippen molar-refractivity contribution < 1.29 is 19.3 Å². The van der Waals surface area contributed by atoms with Crippen molar-refractivity contribution in [2.75, 3.05) is 19.6 Å². The molecule has 6 nitrogen and oxygen atoms in total. The second kappa shape index (κ2) is 8.79. The molecule has 6 heteroatoms. The maximum absolute atomic E-state index is 12.8. The number of carbonyl (C=O) groups excluding carboxylic acids is 3. The Balaban J connectivity index is 1.38. The molecule has 1 saturated heterocycles. The quantitative estimate of drug-likeness (QED) is 0.687. The first kappa shape index (κ1) is 20.3. The summed E-state index contributed by atoms with van der Waals surface area (Å²) in [6, 6.07) is 15.3. The van der Waals surface area contributed by atoms with Crippen molar-refractivity contribution in [2.45, 2.75) is 38.8 Å². The van der Waals surface area contributed by atoms with E-state index in [-0.39, 0.29) is 23.8 Å². The third kappa shape index (κ3) is 4.14. The van der Waals surface area contributed by atoms with Gasteiger partial charge in [-0.25, -0.2) is 0 Å². The topological polar surface area (TPSA) is 70.9 Å². The van der Waals surface area contributed by atoms with Crippen molar-refractivity contribution in [1.82, 2.24) is 10.2 Å². The summed E-state index contributed by atoms with van der Waals surface area (Å²) in [4.78, 5) is 40.6. The van der Waals surface area contributed by atoms with E-state index in [1.54, 1.807) is 18.2 Å². The van der Waals surface area contributed by atoms with E-state index in [0.29, 0.717) is 23.2 Å². The van der Waals surface area contributed by atoms with Crippen LogP contribution in [0.2, 0.25) is 0 Å². The number of carbonyl (C=O) groups is 3. The number of nitrogens with one attached hydrogen (secondary N) is 2. The van der Waals surface area contributed by atoms with Gasteiger partial charge in [0.05, 0.1) is 30.3 Å². The average molecular weight is 407 g/mol. The summed E-state index contributed by atoms with van der Waals surface area (Å²) in [5.41, 5.74) is 2.47. The van der Waals surface area contributed by atoms with Crippen molar-refractivity contribution in [3.05, 3.63) is 70.8 Å². The monoisotopic (exact) mass is 406 g/mol. The number of benzene rings is 2. The fourth-order valence-corrected chi connectivity index (χ4v) is 4.32. The molecule has 2 aliphatic heterocycles. The molecule has 2 aromatic carbocycles. The van der Waals surface area contributed by atoms with Gasteiger partial charge in [0.15, 0.2) is 0 Å². The minimum absolute atomic E-state index is 0.114. The van der Waals surface area contributed by atoms with Gasteiger partial charge in [-0.05, 0) is 24.6 Å². The van der Waals surface area contributed by atoms with Gasteiger partial charge in [0.2, 0.25) is 0 Å². The normalized spacial score (nSPS) is 20.5. The lowest BCUT2D eigenvalue weighted by molar-refractivity contribution is -0.901. The van der Waals surface area contributed by atoms with E-state index in [4.69, 9.17) is 0 Å². The first-order valence-corrected chi connectivity index (χ1v) is 10.8. The highest BCUT2D eigenvalue weighted by atomic mass is 16.2. The Morgan fingerprint density at radius 1 is 1.10 bits per heavy atom. The molecule has 0 bridgehead atoms. The van der Waals surface area contributed by atoms with Gasteiger partial charge in [0, 0.05) is 24.1 Å². The number of nitrogens with zero attached hydrogens (tertiary/aromatic N) is 1. The summed E-state index contributed by atoms with van der Waals surface area (Å²) in [5, 5.41) is 3.10. The highest BCUT2D eigenvalue weighted by molar-refractivity contribution is 6.22. The zero-order valence-corrected chi connectivity index (χ0v) is 17.3. The number of rotatable bonds is 7. The van der Waals surface area contributed by atoms with Crippen LogP contribution in [0.25, 0.3) is 0 Å². The Kier molecular flexibility index (Phi) is 5.95. The average Bonchev–Trinajstić information content (AvgIpc) is 3.29. The van der Waals surface area contributed by atoms with Crippen LogP contribution in [-0.4, -0.2) is 48.3 Å². The van der Waals surface area contributed by atoms with Gasteiger partial charge in [0.1, 0.15) is 6.54 Å². The van der Waals surface area contributed by atoms with Crippen LogP contribution in [0.4, 0.5) is 0 Å². The van der Waals surface area contributed by atoms with E-state index in [2.05, 4.69) is 17.4 Å². The predicted octanol–water partition coefficient (Wildman–Crippen LogP) is 1.67. The van der Waals surface area contributed by atoms with E-state index in [1.165, 1.54) is 15.4 Å².